The second-order valence-electron chi connectivity index (χ2n) is 5.13. The molecule has 0 bridgehead atoms. The molecule has 0 saturated carbocycles. The Bertz CT molecular complexity index is 420. The van der Waals surface area contributed by atoms with E-state index >= 15 is 0 Å². The molecule has 0 aliphatic heterocycles. The first-order chi connectivity index (χ1) is 7.37. The number of nitrogens with one attached hydrogen (secondary N) is 1. The number of nitrogens with zero attached hydrogens (tertiary/aromatic N) is 1. The molecule has 0 amide bonds. The zero-order chi connectivity index (χ0) is 11.9. The molecule has 2 N–H and O–H groups in total. The molecule has 1 aromatic heterocycles. The lowest BCUT2D eigenvalue weighted by atomic mass is 10.1. The van der Waals surface area contributed by atoms with Crippen LogP contribution in [0.1, 0.15) is 43.7 Å². The number of hydrogen-bond donors (Lipinski definition) is 2. The molecule has 0 saturated heterocycles. The van der Waals surface area contributed by atoms with E-state index in [0.29, 0.717) is 6.42 Å². The van der Waals surface area contributed by atoms with E-state index in [2.05, 4.69) is 31.1 Å². The van der Waals surface area contributed by atoms with Crippen molar-refractivity contribution < 1.29 is 9.90 Å². The Balaban J connectivity index is 2.23. The number of thiazole rings is 1. The normalized spacial score (nSPS) is 19.6. The second kappa shape index (κ2) is 3.73. The van der Waals surface area contributed by atoms with Gasteiger partial charge in [0, 0.05) is 10.4 Å². The summed E-state index contributed by atoms with van der Waals surface area (Å²) >= 11 is 1.58. The van der Waals surface area contributed by atoms with Gasteiger partial charge in [-0.15, -0.1) is 11.3 Å². The Kier molecular flexibility index (Phi) is 2.66. The van der Waals surface area contributed by atoms with Crippen LogP contribution in [0.5, 0.6) is 0 Å². The van der Waals surface area contributed by atoms with Gasteiger partial charge in [-0.2, -0.15) is 0 Å². The van der Waals surface area contributed by atoms with Crippen molar-refractivity contribution in [2.75, 3.05) is 5.32 Å². The van der Waals surface area contributed by atoms with Crippen molar-refractivity contribution in [2.45, 2.75) is 45.1 Å². The fraction of sp³-hybridized carbons (Fsp3) is 0.636. The van der Waals surface area contributed by atoms with E-state index < -0.39 is 11.9 Å². The van der Waals surface area contributed by atoms with Gasteiger partial charge in [0.25, 0.3) is 0 Å². The maximum Gasteiger partial charge on any atom is 0.312 e. The van der Waals surface area contributed by atoms with Crippen molar-refractivity contribution in [3.63, 3.8) is 0 Å². The number of aromatic nitrogens is 1. The standard InChI is InChI=1S/C11H16N2O2S/c1-11(2,3)13-10-12-8-6(9(14)15)4-5-7(8)16-10/h6H,4-5H2,1-3H3,(H,12,13)(H,14,15). The summed E-state index contributed by atoms with van der Waals surface area (Å²) in [7, 11) is 0. The fourth-order valence-electron chi connectivity index (χ4n) is 1.84. The first-order valence-corrected chi connectivity index (χ1v) is 6.19. The highest BCUT2D eigenvalue weighted by atomic mass is 32.1. The Labute approximate surface area is 98.7 Å². The molecule has 1 unspecified atom stereocenters. The van der Waals surface area contributed by atoms with Crippen LogP contribution in [-0.2, 0) is 11.2 Å². The van der Waals surface area contributed by atoms with Crippen molar-refractivity contribution in [1.82, 2.24) is 4.98 Å². The molecule has 1 aromatic rings. The van der Waals surface area contributed by atoms with Gasteiger partial charge in [-0.05, 0) is 33.6 Å². The number of aliphatic carboxylic acids is 1. The molecule has 16 heavy (non-hydrogen) atoms. The van der Waals surface area contributed by atoms with Crippen LogP contribution in [0.15, 0.2) is 0 Å². The summed E-state index contributed by atoms with van der Waals surface area (Å²) in [5.41, 5.74) is 0.730. The van der Waals surface area contributed by atoms with Gasteiger partial charge in [-0.25, -0.2) is 4.98 Å². The number of anilines is 1. The van der Waals surface area contributed by atoms with E-state index in [9.17, 15) is 4.79 Å². The van der Waals surface area contributed by atoms with Crippen molar-refractivity contribution >= 4 is 22.4 Å². The molecule has 4 nitrogen and oxygen atoms in total. The number of hydrogen-bond acceptors (Lipinski definition) is 4. The lowest BCUT2D eigenvalue weighted by molar-refractivity contribution is -0.138. The van der Waals surface area contributed by atoms with Gasteiger partial charge in [-0.3, -0.25) is 4.79 Å². The lowest BCUT2D eigenvalue weighted by Gasteiger charge is -2.19. The monoisotopic (exact) mass is 240 g/mol. The third-order valence-corrected chi connectivity index (χ3v) is 3.54. The Morgan fingerprint density at radius 1 is 1.56 bits per heavy atom. The molecule has 5 heteroatoms. The highest BCUT2D eigenvalue weighted by molar-refractivity contribution is 7.15. The van der Waals surface area contributed by atoms with Gasteiger partial charge in [0.15, 0.2) is 5.13 Å². The van der Waals surface area contributed by atoms with Gasteiger partial charge in [0.2, 0.25) is 0 Å². The zero-order valence-electron chi connectivity index (χ0n) is 9.70. The summed E-state index contributed by atoms with van der Waals surface area (Å²) < 4.78 is 0. The van der Waals surface area contributed by atoms with E-state index in [-0.39, 0.29) is 5.54 Å². The predicted molar refractivity (Wildman–Crippen MR) is 64.2 cm³/mol. The summed E-state index contributed by atoms with van der Waals surface area (Å²) in [6.45, 7) is 6.19. The quantitative estimate of drug-likeness (QED) is 0.833. The first-order valence-electron chi connectivity index (χ1n) is 5.37. The average Bonchev–Trinajstić information content (AvgIpc) is 2.57. The molecule has 0 fully saturated rings. The number of carbonyl (C=O) groups is 1. The number of aryl methyl sites for hydroxylation is 1. The van der Waals surface area contributed by atoms with E-state index in [0.717, 1.165) is 22.1 Å². The Morgan fingerprint density at radius 2 is 2.25 bits per heavy atom. The number of carboxylic acids is 1. The predicted octanol–water partition coefficient (Wildman–Crippen LogP) is 2.47. The summed E-state index contributed by atoms with van der Waals surface area (Å²) in [6.07, 6.45) is 1.54. The van der Waals surface area contributed by atoms with E-state index in [1.807, 2.05) is 0 Å². The van der Waals surface area contributed by atoms with Gasteiger partial charge >= 0.3 is 5.97 Å². The number of carboxylic acid groups (broad SMARTS) is 1. The van der Waals surface area contributed by atoms with Gasteiger partial charge in [0.05, 0.1) is 5.69 Å². The van der Waals surface area contributed by atoms with Crippen LogP contribution in [0.2, 0.25) is 0 Å². The summed E-state index contributed by atoms with van der Waals surface area (Å²) in [5, 5.41) is 13.2. The molecule has 2 rings (SSSR count). The molecule has 0 aromatic carbocycles. The molecule has 1 atom stereocenters. The lowest BCUT2D eigenvalue weighted by Crippen LogP contribution is -2.26. The van der Waals surface area contributed by atoms with Crippen molar-refractivity contribution in [3.05, 3.63) is 10.6 Å². The first kappa shape index (κ1) is 11.4. The Hall–Kier alpha value is -1.10. The van der Waals surface area contributed by atoms with Crippen LogP contribution in [-0.4, -0.2) is 21.6 Å². The van der Waals surface area contributed by atoms with Crippen LogP contribution in [0.3, 0.4) is 0 Å². The summed E-state index contributed by atoms with van der Waals surface area (Å²) in [6, 6.07) is 0. The van der Waals surface area contributed by atoms with E-state index in [1.165, 1.54) is 0 Å². The average molecular weight is 240 g/mol. The Morgan fingerprint density at radius 3 is 2.81 bits per heavy atom. The maximum absolute atomic E-state index is 11.0. The van der Waals surface area contributed by atoms with Crippen LogP contribution >= 0.6 is 11.3 Å². The highest BCUT2D eigenvalue weighted by Crippen LogP contribution is 2.38. The van der Waals surface area contributed by atoms with Crippen molar-refractivity contribution in [1.29, 1.82) is 0 Å². The van der Waals surface area contributed by atoms with Crippen molar-refractivity contribution in [3.8, 4) is 0 Å². The van der Waals surface area contributed by atoms with Crippen LogP contribution in [0, 0.1) is 0 Å². The minimum atomic E-state index is -0.758. The molecular weight excluding hydrogens is 224 g/mol. The smallest absolute Gasteiger partial charge is 0.312 e. The minimum Gasteiger partial charge on any atom is -0.481 e. The molecular formula is C11H16N2O2S. The second-order valence-corrected chi connectivity index (χ2v) is 6.22. The van der Waals surface area contributed by atoms with Gasteiger partial charge in [0.1, 0.15) is 5.92 Å². The summed E-state index contributed by atoms with van der Waals surface area (Å²) in [4.78, 5) is 16.5. The maximum atomic E-state index is 11.0. The van der Waals surface area contributed by atoms with Gasteiger partial charge in [-0.1, -0.05) is 0 Å². The third kappa shape index (κ3) is 2.19. The molecule has 88 valence electrons. The minimum absolute atomic E-state index is 0.0374. The fourth-order valence-corrected chi connectivity index (χ4v) is 3.09. The van der Waals surface area contributed by atoms with Crippen LogP contribution in [0.4, 0.5) is 5.13 Å². The topological polar surface area (TPSA) is 62.2 Å². The largest absolute Gasteiger partial charge is 0.481 e. The van der Waals surface area contributed by atoms with Crippen LogP contribution < -0.4 is 5.32 Å². The van der Waals surface area contributed by atoms with E-state index in [1.54, 1.807) is 11.3 Å². The van der Waals surface area contributed by atoms with Gasteiger partial charge < -0.3 is 10.4 Å². The summed E-state index contributed by atoms with van der Waals surface area (Å²) in [5.74, 6) is -1.16. The molecule has 0 spiro atoms. The van der Waals surface area contributed by atoms with Crippen LogP contribution in [0.25, 0.3) is 0 Å². The zero-order valence-corrected chi connectivity index (χ0v) is 10.5. The van der Waals surface area contributed by atoms with Crippen molar-refractivity contribution in [2.24, 2.45) is 0 Å². The third-order valence-electron chi connectivity index (χ3n) is 2.50. The molecule has 0 radical (unpaired) electrons. The molecule has 1 aliphatic carbocycles. The SMILES string of the molecule is CC(C)(C)Nc1nc2c(s1)CCC2C(=O)O. The number of fused-ring (bicyclic) bond motifs is 1. The van der Waals surface area contributed by atoms with E-state index in [4.69, 9.17) is 5.11 Å². The molecule has 1 heterocycles. The number of rotatable bonds is 2. The molecule has 1 aliphatic rings. The highest BCUT2D eigenvalue weighted by Gasteiger charge is 2.32.